The van der Waals surface area contributed by atoms with Crippen LogP contribution in [-0.4, -0.2) is 26.6 Å². The largest absolute Gasteiger partial charge is 0.480 e. The smallest absolute Gasteiger partial charge is 0.317 e. The number of hydrogen-bond acceptors (Lipinski definition) is 3. The lowest BCUT2D eigenvalue weighted by Crippen LogP contribution is -2.44. The number of nitrogens with zero attached hydrogens (tertiary/aromatic N) is 2. The number of hydrogen-bond donors (Lipinski definition) is 1. The van der Waals surface area contributed by atoms with Gasteiger partial charge in [0.1, 0.15) is 5.41 Å². The Bertz CT molecular complexity index is 568. The maximum atomic E-state index is 12.3. The van der Waals surface area contributed by atoms with Crippen molar-refractivity contribution >= 4 is 23.4 Å². The molecule has 5 nitrogen and oxygen atoms in total. The van der Waals surface area contributed by atoms with Gasteiger partial charge in [-0.25, -0.2) is 0 Å². The number of ketones is 1. The SMILES string of the molecule is CCc1nn(CC)c(CC2(C(=O)O)CCCCC2=O)c1Cl. The van der Waals surface area contributed by atoms with E-state index in [0.717, 1.165) is 18.5 Å². The van der Waals surface area contributed by atoms with Crippen molar-refractivity contribution in [3.8, 4) is 0 Å². The molecule has 1 aromatic heterocycles. The Hall–Kier alpha value is -1.36. The van der Waals surface area contributed by atoms with Crippen molar-refractivity contribution < 1.29 is 14.7 Å². The number of aromatic nitrogens is 2. The number of carbonyl (C=O) groups excluding carboxylic acids is 1. The third-order valence-electron chi connectivity index (χ3n) is 4.36. The number of rotatable bonds is 5. The lowest BCUT2D eigenvalue weighted by molar-refractivity contribution is -0.157. The Kier molecular flexibility index (Phi) is 4.71. The molecule has 1 atom stereocenters. The lowest BCUT2D eigenvalue weighted by atomic mass is 9.70. The first-order valence-electron chi connectivity index (χ1n) is 7.47. The van der Waals surface area contributed by atoms with Crippen LogP contribution in [0.1, 0.15) is 50.9 Å². The van der Waals surface area contributed by atoms with Crippen LogP contribution in [0.15, 0.2) is 0 Å². The third-order valence-corrected chi connectivity index (χ3v) is 4.80. The molecular formula is C15H21ClN2O3. The van der Waals surface area contributed by atoms with E-state index >= 15 is 0 Å². The van der Waals surface area contributed by atoms with Crippen LogP contribution >= 0.6 is 11.6 Å². The molecular weight excluding hydrogens is 292 g/mol. The van der Waals surface area contributed by atoms with E-state index in [0.29, 0.717) is 36.5 Å². The predicted octanol–water partition coefficient (Wildman–Crippen LogP) is 2.88. The van der Waals surface area contributed by atoms with Gasteiger partial charge in [0.15, 0.2) is 5.78 Å². The van der Waals surface area contributed by atoms with Crippen LogP contribution in [0.2, 0.25) is 5.02 Å². The average Bonchev–Trinajstić information content (AvgIpc) is 2.77. The second-order valence-electron chi connectivity index (χ2n) is 5.57. The fourth-order valence-corrected chi connectivity index (χ4v) is 3.39. The molecule has 116 valence electrons. The van der Waals surface area contributed by atoms with Crippen LogP contribution in [0.5, 0.6) is 0 Å². The Morgan fingerprint density at radius 2 is 2.14 bits per heavy atom. The second kappa shape index (κ2) is 6.18. The molecule has 0 saturated heterocycles. The van der Waals surface area contributed by atoms with Crippen LogP contribution < -0.4 is 0 Å². The normalized spacial score (nSPS) is 22.5. The summed E-state index contributed by atoms with van der Waals surface area (Å²) in [4.78, 5) is 24.1. The van der Waals surface area contributed by atoms with E-state index in [9.17, 15) is 14.7 Å². The molecule has 21 heavy (non-hydrogen) atoms. The first kappa shape index (κ1) is 16.0. The highest BCUT2D eigenvalue weighted by Crippen LogP contribution is 2.39. The van der Waals surface area contributed by atoms with E-state index in [-0.39, 0.29) is 12.2 Å². The van der Waals surface area contributed by atoms with Gasteiger partial charge < -0.3 is 5.11 Å². The van der Waals surface area contributed by atoms with Gasteiger partial charge in [-0.2, -0.15) is 5.10 Å². The van der Waals surface area contributed by atoms with Gasteiger partial charge in [0.05, 0.1) is 16.4 Å². The fourth-order valence-electron chi connectivity index (χ4n) is 3.05. The first-order chi connectivity index (χ1) is 9.96. The van der Waals surface area contributed by atoms with Crippen molar-refractivity contribution in [1.29, 1.82) is 0 Å². The van der Waals surface area contributed by atoms with Crippen LogP contribution in [0, 0.1) is 5.41 Å². The molecule has 0 aromatic carbocycles. The number of carbonyl (C=O) groups is 2. The molecule has 1 fully saturated rings. The van der Waals surface area contributed by atoms with Crippen molar-refractivity contribution in [2.45, 2.75) is 58.9 Å². The minimum absolute atomic E-state index is 0.140. The molecule has 1 unspecified atom stereocenters. The van der Waals surface area contributed by atoms with E-state index in [1.54, 1.807) is 4.68 Å². The molecule has 0 spiro atoms. The molecule has 0 amide bonds. The molecule has 1 saturated carbocycles. The maximum absolute atomic E-state index is 12.3. The Labute approximate surface area is 129 Å². The minimum atomic E-state index is -1.33. The van der Waals surface area contributed by atoms with Crippen LogP contribution in [0.25, 0.3) is 0 Å². The van der Waals surface area contributed by atoms with Gasteiger partial charge in [0, 0.05) is 19.4 Å². The molecule has 1 aliphatic carbocycles. The topological polar surface area (TPSA) is 72.2 Å². The van der Waals surface area contributed by atoms with Crippen LogP contribution in [0.4, 0.5) is 0 Å². The summed E-state index contributed by atoms with van der Waals surface area (Å²) in [6, 6.07) is 0. The summed E-state index contributed by atoms with van der Waals surface area (Å²) in [6.07, 6.45) is 3.08. The summed E-state index contributed by atoms with van der Waals surface area (Å²) >= 11 is 6.35. The standard InChI is InChI=1S/C15H21ClN2O3/c1-3-10-13(16)11(18(4-2)17-10)9-15(14(20)21)8-6-5-7-12(15)19/h3-9H2,1-2H3,(H,20,21). The molecule has 6 heteroatoms. The summed E-state index contributed by atoms with van der Waals surface area (Å²) in [7, 11) is 0. The minimum Gasteiger partial charge on any atom is -0.480 e. The van der Waals surface area contributed by atoms with Crippen molar-refractivity contribution in [3.63, 3.8) is 0 Å². The summed E-state index contributed by atoms with van der Waals surface area (Å²) < 4.78 is 1.73. The first-order valence-corrected chi connectivity index (χ1v) is 7.84. The number of halogens is 1. The molecule has 1 heterocycles. The third kappa shape index (κ3) is 2.71. The van der Waals surface area contributed by atoms with E-state index in [1.165, 1.54) is 0 Å². The van der Waals surface area contributed by atoms with E-state index in [1.807, 2.05) is 13.8 Å². The molecule has 1 aromatic rings. The zero-order valence-electron chi connectivity index (χ0n) is 12.5. The molecule has 1 aliphatic rings. The number of carboxylic acids is 1. The molecule has 0 aliphatic heterocycles. The second-order valence-corrected chi connectivity index (χ2v) is 5.95. The van der Waals surface area contributed by atoms with Crippen molar-refractivity contribution in [3.05, 3.63) is 16.4 Å². The van der Waals surface area contributed by atoms with Crippen LogP contribution in [-0.2, 0) is 29.0 Å². The van der Waals surface area contributed by atoms with E-state index in [4.69, 9.17) is 11.6 Å². The fraction of sp³-hybridized carbons (Fsp3) is 0.667. The van der Waals surface area contributed by atoms with E-state index < -0.39 is 11.4 Å². The van der Waals surface area contributed by atoms with Gasteiger partial charge in [-0.1, -0.05) is 24.9 Å². The number of aliphatic carboxylic acids is 1. The summed E-state index contributed by atoms with van der Waals surface area (Å²) in [5.74, 6) is -1.22. The van der Waals surface area contributed by atoms with Gasteiger partial charge in [0.25, 0.3) is 0 Å². The Balaban J connectivity index is 2.44. The highest BCUT2D eigenvalue weighted by atomic mass is 35.5. The number of aryl methyl sites for hydroxylation is 2. The Morgan fingerprint density at radius 3 is 2.67 bits per heavy atom. The van der Waals surface area contributed by atoms with Crippen LogP contribution in [0.3, 0.4) is 0 Å². The zero-order chi connectivity index (χ0) is 15.6. The quantitative estimate of drug-likeness (QED) is 0.849. The van der Waals surface area contributed by atoms with Gasteiger partial charge >= 0.3 is 5.97 Å². The number of Topliss-reactive ketones (excluding diaryl/α,β-unsaturated/α-hetero) is 1. The Morgan fingerprint density at radius 1 is 1.43 bits per heavy atom. The average molecular weight is 313 g/mol. The summed E-state index contributed by atoms with van der Waals surface area (Å²) in [5, 5.41) is 14.6. The molecule has 2 rings (SSSR count). The van der Waals surface area contributed by atoms with E-state index in [2.05, 4.69) is 5.10 Å². The summed E-state index contributed by atoms with van der Waals surface area (Å²) in [6.45, 7) is 4.50. The summed E-state index contributed by atoms with van der Waals surface area (Å²) in [5.41, 5.74) is 0.103. The van der Waals surface area contributed by atoms with Gasteiger partial charge in [0.2, 0.25) is 0 Å². The van der Waals surface area contributed by atoms with Gasteiger partial charge in [-0.05, 0) is 26.2 Å². The zero-order valence-corrected chi connectivity index (χ0v) is 13.2. The monoisotopic (exact) mass is 312 g/mol. The van der Waals surface area contributed by atoms with Crippen molar-refractivity contribution in [2.75, 3.05) is 0 Å². The highest BCUT2D eigenvalue weighted by Gasteiger charge is 2.48. The van der Waals surface area contributed by atoms with Gasteiger partial charge in [-0.15, -0.1) is 0 Å². The lowest BCUT2D eigenvalue weighted by Gasteiger charge is -2.31. The maximum Gasteiger partial charge on any atom is 0.317 e. The molecule has 0 bridgehead atoms. The van der Waals surface area contributed by atoms with Crippen molar-refractivity contribution in [1.82, 2.24) is 9.78 Å². The molecule has 1 N–H and O–H groups in total. The molecule has 0 radical (unpaired) electrons. The highest BCUT2D eigenvalue weighted by molar-refractivity contribution is 6.32. The predicted molar refractivity (Wildman–Crippen MR) is 79.5 cm³/mol. The number of carboxylic acid groups (broad SMARTS) is 1. The van der Waals surface area contributed by atoms with Gasteiger partial charge in [-0.3, -0.25) is 14.3 Å². The van der Waals surface area contributed by atoms with Crippen molar-refractivity contribution in [2.24, 2.45) is 5.41 Å².